The Morgan fingerprint density at radius 3 is 2.56 bits per heavy atom. The fourth-order valence-corrected chi connectivity index (χ4v) is 4.98. The molecule has 25 heavy (non-hydrogen) atoms. The van der Waals surface area contributed by atoms with Crippen molar-refractivity contribution < 1.29 is 0 Å². The summed E-state index contributed by atoms with van der Waals surface area (Å²) in [7, 11) is 0. The zero-order valence-electron chi connectivity index (χ0n) is 13.8. The summed E-state index contributed by atoms with van der Waals surface area (Å²) in [4.78, 5) is 4.25. The molecule has 0 fully saturated rings. The molecule has 0 spiro atoms. The molecule has 0 atom stereocenters. The van der Waals surface area contributed by atoms with Crippen LogP contribution in [0.3, 0.4) is 0 Å². The number of aromatic nitrogens is 3. The molecule has 0 saturated heterocycles. The lowest BCUT2D eigenvalue weighted by Crippen LogP contribution is -1.87. The van der Waals surface area contributed by atoms with Crippen LogP contribution in [-0.2, 0) is 5.75 Å². The van der Waals surface area contributed by atoms with Gasteiger partial charge in [0.25, 0.3) is 0 Å². The van der Waals surface area contributed by atoms with Gasteiger partial charge in [-0.3, -0.25) is 0 Å². The zero-order valence-corrected chi connectivity index (χ0v) is 16.3. The summed E-state index contributed by atoms with van der Waals surface area (Å²) in [5.41, 5.74) is 3.05. The van der Waals surface area contributed by atoms with Gasteiger partial charge in [0.15, 0.2) is 8.68 Å². The Bertz CT molecular complexity index is 882. The van der Waals surface area contributed by atoms with Crippen molar-refractivity contribution in [3.8, 4) is 6.07 Å². The van der Waals surface area contributed by atoms with Crippen LogP contribution in [0.2, 0.25) is 0 Å². The Morgan fingerprint density at radius 2 is 1.84 bits per heavy atom. The predicted molar refractivity (Wildman–Crippen MR) is 103 cm³/mol. The second-order valence-corrected chi connectivity index (χ2v) is 9.06. The number of pyridine rings is 1. The van der Waals surface area contributed by atoms with Gasteiger partial charge in [-0.25, -0.2) is 4.98 Å². The van der Waals surface area contributed by atoms with Crippen molar-refractivity contribution in [2.75, 3.05) is 0 Å². The molecule has 3 aromatic rings. The highest BCUT2D eigenvalue weighted by Gasteiger charge is 2.09. The molecule has 2 heterocycles. The molecule has 0 radical (unpaired) electrons. The van der Waals surface area contributed by atoms with Crippen molar-refractivity contribution in [2.45, 2.75) is 39.2 Å². The average Bonchev–Trinajstić information content (AvgIpc) is 3.08. The third kappa shape index (κ3) is 5.05. The summed E-state index contributed by atoms with van der Waals surface area (Å²) in [5, 5.41) is 18.1. The summed E-state index contributed by atoms with van der Waals surface area (Å²) in [5.74, 6) is 1.43. The molecule has 0 N–H and O–H groups in total. The van der Waals surface area contributed by atoms with Gasteiger partial charge in [0, 0.05) is 5.75 Å². The molecule has 0 saturated carbocycles. The Labute approximate surface area is 159 Å². The highest BCUT2D eigenvalue weighted by atomic mass is 32.2. The first kappa shape index (κ1) is 17.9. The van der Waals surface area contributed by atoms with E-state index in [1.165, 1.54) is 22.9 Å². The van der Waals surface area contributed by atoms with Crippen LogP contribution in [0.15, 0.2) is 56.2 Å². The van der Waals surface area contributed by atoms with Crippen LogP contribution < -0.4 is 0 Å². The molecule has 0 aliphatic heterocycles. The van der Waals surface area contributed by atoms with Crippen molar-refractivity contribution in [2.24, 2.45) is 0 Å². The van der Waals surface area contributed by atoms with Crippen molar-refractivity contribution in [3.63, 3.8) is 0 Å². The van der Waals surface area contributed by atoms with E-state index in [4.69, 9.17) is 5.26 Å². The topological polar surface area (TPSA) is 62.5 Å². The number of nitriles is 1. The van der Waals surface area contributed by atoms with E-state index >= 15 is 0 Å². The molecule has 3 rings (SSSR count). The van der Waals surface area contributed by atoms with Gasteiger partial charge in [0.2, 0.25) is 0 Å². The summed E-state index contributed by atoms with van der Waals surface area (Å²) in [6.07, 6.45) is 0. The first-order chi connectivity index (χ1) is 12.1. The lowest BCUT2D eigenvalue weighted by atomic mass is 10.0. The molecule has 7 heteroatoms. The molecule has 0 aliphatic carbocycles. The van der Waals surface area contributed by atoms with E-state index in [2.05, 4.69) is 53.3 Å². The van der Waals surface area contributed by atoms with Gasteiger partial charge in [-0.2, -0.15) is 5.26 Å². The minimum atomic E-state index is 0.411. The van der Waals surface area contributed by atoms with Crippen molar-refractivity contribution in [1.82, 2.24) is 15.2 Å². The largest absolute Gasteiger partial charge is 0.230 e. The van der Waals surface area contributed by atoms with Crippen LogP contribution in [-0.4, -0.2) is 15.2 Å². The highest BCUT2D eigenvalue weighted by Crippen LogP contribution is 2.33. The monoisotopic (exact) mass is 384 g/mol. The molecule has 4 nitrogen and oxygen atoms in total. The molecular formula is C18H16N4S3. The van der Waals surface area contributed by atoms with E-state index in [1.54, 1.807) is 29.2 Å². The summed E-state index contributed by atoms with van der Waals surface area (Å²) in [6.45, 7) is 4.40. The maximum atomic E-state index is 8.91. The van der Waals surface area contributed by atoms with E-state index in [1.807, 2.05) is 18.2 Å². The SMILES string of the molecule is CC(C)c1ccc(CSc2nnc(Sc3cccc(C#N)n3)s2)cc1. The first-order valence-electron chi connectivity index (χ1n) is 7.74. The standard InChI is InChI=1S/C18H16N4S3/c1-12(2)14-8-6-13(7-9-14)11-23-17-21-22-18(25-17)24-16-5-3-4-15(10-19)20-16/h3-9,12H,11H2,1-2H3. The molecule has 0 bridgehead atoms. The number of benzene rings is 1. The van der Waals surface area contributed by atoms with E-state index in [0.717, 1.165) is 19.5 Å². The van der Waals surface area contributed by atoms with Crippen LogP contribution in [0.5, 0.6) is 0 Å². The molecule has 0 unspecified atom stereocenters. The Morgan fingerprint density at radius 1 is 1.08 bits per heavy atom. The van der Waals surface area contributed by atoms with Gasteiger partial charge < -0.3 is 0 Å². The van der Waals surface area contributed by atoms with Gasteiger partial charge in [-0.15, -0.1) is 10.2 Å². The molecule has 1 aromatic carbocycles. The minimum Gasteiger partial charge on any atom is -0.230 e. The quantitative estimate of drug-likeness (QED) is 0.532. The molecule has 126 valence electrons. The zero-order chi connectivity index (χ0) is 17.6. The number of thioether (sulfide) groups is 1. The number of rotatable bonds is 6. The number of hydrogen-bond acceptors (Lipinski definition) is 7. The second-order valence-electron chi connectivity index (χ2n) is 5.59. The average molecular weight is 385 g/mol. The molecular weight excluding hydrogens is 368 g/mol. The van der Waals surface area contributed by atoms with Crippen LogP contribution in [0.4, 0.5) is 0 Å². The third-order valence-corrected chi connectivity index (χ3v) is 6.54. The fraction of sp³-hybridized carbons (Fsp3) is 0.222. The van der Waals surface area contributed by atoms with Gasteiger partial charge in [0.1, 0.15) is 16.8 Å². The maximum Gasteiger partial charge on any atom is 0.181 e. The van der Waals surface area contributed by atoms with Gasteiger partial charge >= 0.3 is 0 Å². The molecule has 0 amide bonds. The van der Waals surface area contributed by atoms with Crippen molar-refractivity contribution >= 4 is 34.9 Å². The van der Waals surface area contributed by atoms with Gasteiger partial charge in [-0.1, -0.05) is 67.3 Å². The van der Waals surface area contributed by atoms with E-state index in [-0.39, 0.29) is 0 Å². The number of hydrogen-bond donors (Lipinski definition) is 0. The summed E-state index contributed by atoms with van der Waals surface area (Å²) < 4.78 is 1.77. The minimum absolute atomic E-state index is 0.411. The Hall–Kier alpha value is -1.88. The van der Waals surface area contributed by atoms with E-state index in [0.29, 0.717) is 11.6 Å². The van der Waals surface area contributed by atoms with Crippen LogP contribution in [0.25, 0.3) is 0 Å². The van der Waals surface area contributed by atoms with Crippen molar-refractivity contribution in [1.29, 1.82) is 5.26 Å². The number of nitrogens with zero attached hydrogens (tertiary/aromatic N) is 4. The smallest absolute Gasteiger partial charge is 0.181 e. The second kappa shape index (κ2) is 8.48. The molecule has 2 aromatic heterocycles. The van der Waals surface area contributed by atoms with Crippen LogP contribution >= 0.6 is 34.9 Å². The van der Waals surface area contributed by atoms with Gasteiger partial charge in [0.05, 0.1) is 0 Å². The fourth-order valence-electron chi connectivity index (χ4n) is 2.06. The predicted octanol–water partition coefficient (Wildman–Crippen LogP) is 5.37. The van der Waals surface area contributed by atoms with Crippen LogP contribution in [0, 0.1) is 11.3 Å². The maximum absolute atomic E-state index is 8.91. The lowest BCUT2D eigenvalue weighted by molar-refractivity contribution is 0.866. The van der Waals surface area contributed by atoms with Crippen molar-refractivity contribution in [3.05, 3.63) is 59.3 Å². The van der Waals surface area contributed by atoms with E-state index < -0.39 is 0 Å². The van der Waals surface area contributed by atoms with Crippen LogP contribution in [0.1, 0.15) is 36.6 Å². The molecule has 0 aliphatic rings. The third-order valence-electron chi connectivity index (χ3n) is 3.43. The Kier molecular flexibility index (Phi) is 6.08. The summed E-state index contributed by atoms with van der Waals surface area (Å²) >= 11 is 4.67. The Balaban J connectivity index is 1.59. The lowest BCUT2D eigenvalue weighted by Gasteiger charge is -2.05. The summed E-state index contributed by atoms with van der Waals surface area (Å²) in [6, 6.07) is 16.2. The highest BCUT2D eigenvalue weighted by molar-refractivity contribution is 8.02. The normalized spacial score (nSPS) is 10.8. The first-order valence-corrected chi connectivity index (χ1v) is 10.4. The van der Waals surface area contributed by atoms with Gasteiger partial charge in [-0.05, 0) is 40.9 Å². The van der Waals surface area contributed by atoms with E-state index in [9.17, 15) is 0 Å².